The second-order valence-corrected chi connectivity index (χ2v) is 5.67. The molecule has 0 aliphatic carbocycles. The summed E-state index contributed by atoms with van der Waals surface area (Å²) < 4.78 is 52.5. The minimum atomic E-state index is -4.32. The first-order chi connectivity index (χ1) is 9.29. The largest absolute Gasteiger partial charge is 0.396 e. The Balaban J connectivity index is 2.43. The molecule has 1 aromatic carbocycles. The molecule has 0 spiro atoms. The third-order valence-electron chi connectivity index (χ3n) is 2.21. The van der Waals surface area contributed by atoms with E-state index in [9.17, 15) is 17.2 Å². The van der Waals surface area contributed by atoms with Crippen LogP contribution in [-0.2, 0) is 10.0 Å². The molecular weight excluding hydrogens is 314 g/mol. The van der Waals surface area contributed by atoms with E-state index in [0.29, 0.717) is 12.1 Å². The molecule has 1 heterocycles. The van der Waals surface area contributed by atoms with Gasteiger partial charge >= 0.3 is 0 Å². The Labute approximate surface area is 117 Å². The standard InChI is InChI=1S/C10H7ClF2N4O2S/c11-9-3-10(16-4-15-9)17-20(18,19)8-2-7(14)5(12)1-6(8)13/h1-4H,14H2,(H,15,16,17). The summed E-state index contributed by atoms with van der Waals surface area (Å²) in [4.78, 5) is 6.37. The molecule has 106 valence electrons. The van der Waals surface area contributed by atoms with Gasteiger partial charge in [-0.3, -0.25) is 4.72 Å². The maximum atomic E-state index is 13.5. The van der Waals surface area contributed by atoms with Crippen molar-refractivity contribution < 1.29 is 17.2 Å². The fraction of sp³-hybridized carbons (Fsp3) is 0. The average Bonchev–Trinajstić information content (AvgIpc) is 2.33. The van der Waals surface area contributed by atoms with Gasteiger partial charge in [0.2, 0.25) is 0 Å². The van der Waals surface area contributed by atoms with Gasteiger partial charge in [-0.05, 0) is 6.07 Å². The normalized spacial score (nSPS) is 11.3. The smallest absolute Gasteiger partial charge is 0.266 e. The molecule has 1 aromatic heterocycles. The zero-order chi connectivity index (χ0) is 14.9. The molecule has 0 radical (unpaired) electrons. The Morgan fingerprint density at radius 3 is 2.50 bits per heavy atom. The molecule has 0 bridgehead atoms. The van der Waals surface area contributed by atoms with Crippen molar-refractivity contribution in [3.05, 3.63) is 41.3 Å². The van der Waals surface area contributed by atoms with Crippen molar-refractivity contribution in [3.8, 4) is 0 Å². The van der Waals surface area contributed by atoms with Crippen LogP contribution in [0.5, 0.6) is 0 Å². The van der Waals surface area contributed by atoms with E-state index in [2.05, 4.69) is 9.97 Å². The van der Waals surface area contributed by atoms with Crippen molar-refractivity contribution in [2.45, 2.75) is 4.90 Å². The number of hydrogen-bond acceptors (Lipinski definition) is 5. The van der Waals surface area contributed by atoms with Crippen LogP contribution < -0.4 is 10.5 Å². The second-order valence-electron chi connectivity index (χ2n) is 3.64. The Hall–Kier alpha value is -2.00. The lowest BCUT2D eigenvalue weighted by atomic mass is 10.3. The topological polar surface area (TPSA) is 98.0 Å². The highest BCUT2D eigenvalue weighted by Crippen LogP contribution is 2.23. The lowest BCUT2D eigenvalue weighted by Crippen LogP contribution is -2.16. The Morgan fingerprint density at radius 1 is 1.15 bits per heavy atom. The maximum Gasteiger partial charge on any atom is 0.266 e. The monoisotopic (exact) mass is 320 g/mol. The number of sulfonamides is 1. The van der Waals surface area contributed by atoms with E-state index in [1.807, 2.05) is 4.72 Å². The molecule has 0 saturated heterocycles. The van der Waals surface area contributed by atoms with E-state index >= 15 is 0 Å². The molecule has 0 amide bonds. The number of benzene rings is 1. The van der Waals surface area contributed by atoms with Crippen molar-refractivity contribution in [1.82, 2.24) is 9.97 Å². The number of nitrogens with zero attached hydrogens (tertiary/aromatic N) is 2. The van der Waals surface area contributed by atoms with Gasteiger partial charge in [-0.1, -0.05) is 11.6 Å². The highest BCUT2D eigenvalue weighted by atomic mass is 35.5. The Morgan fingerprint density at radius 2 is 1.85 bits per heavy atom. The summed E-state index contributed by atoms with van der Waals surface area (Å²) in [5.41, 5.74) is 4.73. The number of nitrogen functional groups attached to an aromatic ring is 1. The SMILES string of the molecule is Nc1cc(S(=O)(=O)Nc2cc(Cl)ncn2)c(F)cc1F. The number of nitrogens with one attached hydrogen (secondary N) is 1. The quantitative estimate of drug-likeness (QED) is 0.663. The van der Waals surface area contributed by atoms with Gasteiger partial charge in [-0.25, -0.2) is 27.2 Å². The van der Waals surface area contributed by atoms with Gasteiger partial charge in [0, 0.05) is 12.1 Å². The van der Waals surface area contributed by atoms with Crippen LogP contribution in [0.2, 0.25) is 5.15 Å². The van der Waals surface area contributed by atoms with E-state index < -0.39 is 32.2 Å². The zero-order valence-corrected chi connectivity index (χ0v) is 11.2. The lowest BCUT2D eigenvalue weighted by molar-refractivity contribution is 0.553. The van der Waals surface area contributed by atoms with Gasteiger partial charge in [-0.15, -0.1) is 0 Å². The molecular formula is C10H7ClF2N4O2S. The van der Waals surface area contributed by atoms with Crippen molar-refractivity contribution in [1.29, 1.82) is 0 Å². The molecule has 0 atom stereocenters. The van der Waals surface area contributed by atoms with Crippen molar-refractivity contribution in [3.63, 3.8) is 0 Å². The van der Waals surface area contributed by atoms with Gasteiger partial charge < -0.3 is 5.73 Å². The minimum absolute atomic E-state index is 0.00297. The summed E-state index contributed by atoms with van der Waals surface area (Å²) in [6, 6.07) is 2.19. The van der Waals surface area contributed by atoms with Gasteiger partial charge in [0.1, 0.15) is 33.8 Å². The van der Waals surface area contributed by atoms with Gasteiger partial charge in [0.25, 0.3) is 10.0 Å². The molecule has 0 aliphatic heterocycles. The van der Waals surface area contributed by atoms with Gasteiger partial charge in [0.05, 0.1) is 5.69 Å². The van der Waals surface area contributed by atoms with Crippen LogP contribution in [0, 0.1) is 11.6 Å². The summed E-state index contributed by atoms with van der Waals surface area (Å²) in [5.74, 6) is -2.48. The number of anilines is 2. The first-order valence-corrected chi connectivity index (χ1v) is 6.90. The second kappa shape index (κ2) is 5.17. The summed E-state index contributed by atoms with van der Waals surface area (Å²) in [6.45, 7) is 0. The molecule has 2 aromatic rings. The predicted octanol–water partition coefficient (Wildman–Crippen LogP) is 1.79. The summed E-state index contributed by atoms with van der Waals surface area (Å²) in [5, 5.41) is -0.00297. The molecule has 3 N–H and O–H groups in total. The van der Waals surface area contributed by atoms with E-state index in [-0.39, 0.29) is 11.0 Å². The predicted molar refractivity (Wildman–Crippen MR) is 68.6 cm³/mol. The van der Waals surface area contributed by atoms with E-state index in [0.717, 1.165) is 12.4 Å². The number of halogens is 3. The number of nitrogens with two attached hydrogens (primary N) is 1. The van der Waals surface area contributed by atoms with Crippen LogP contribution in [0.1, 0.15) is 0 Å². The van der Waals surface area contributed by atoms with Crippen LogP contribution in [0.3, 0.4) is 0 Å². The average molecular weight is 321 g/mol. The third-order valence-corrected chi connectivity index (χ3v) is 3.79. The Kier molecular flexibility index (Phi) is 3.73. The first kappa shape index (κ1) is 14.4. The Bertz CT molecular complexity index is 770. The van der Waals surface area contributed by atoms with E-state index in [1.54, 1.807) is 0 Å². The van der Waals surface area contributed by atoms with Gasteiger partial charge in [0.15, 0.2) is 0 Å². The minimum Gasteiger partial charge on any atom is -0.396 e. The number of rotatable bonds is 3. The fourth-order valence-corrected chi connectivity index (χ4v) is 2.57. The van der Waals surface area contributed by atoms with Gasteiger partial charge in [-0.2, -0.15) is 0 Å². The van der Waals surface area contributed by atoms with Crippen LogP contribution in [0.25, 0.3) is 0 Å². The number of hydrogen-bond donors (Lipinski definition) is 2. The molecule has 10 heteroatoms. The summed E-state index contributed by atoms with van der Waals surface area (Å²) >= 11 is 5.57. The summed E-state index contributed by atoms with van der Waals surface area (Å²) in [7, 11) is -4.32. The molecule has 0 unspecified atom stereocenters. The molecule has 6 nitrogen and oxygen atoms in total. The van der Waals surface area contributed by atoms with Crippen molar-refractivity contribution >= 4 is 33.1 Å². The molecule has 0 saturated carbocycles. The number of aromatic nitrogens is 2. The molecule has 0 fully saturated rings. The third kappa shape index (κ3) is 2.94. The summed E-state index contributed by atoms with van der Waals surface area (Å²) in [6.07, 6.45) is 1.02. The highest BCUT2D eigenvalue weighted by Gasteiger charge is 2.22. The van der Waals surface area contributed by atoms with Crippen molar-refractivity contribution in [2.24, 2.45) is 0 Å². The first-order valence-electron chi connectivity index (χ1n) is 5.04. The zero-order valence-electron chi connectivity index (χ0n) is 9.64. The van der Waals surface area contributed by atoms with E-state index in [1.165, 1.54) is 0 Å². The van der Waals surface area contributed by atoms with Crippen LogP contribution in [0.4, 0.5) is 20.3 Å². The molecule has 2 rings (SSSR count). The molecule has 0 aliphatic rings. The van der Waals surface area contributed by atoms with Crippen molar-refractivity contribution in [2.75, 3.05) is 10.5 Å². The van der Waals surface area contributed by atoms with E-state index in [4.69, 9.17) is 17.3 Å². The van der Waals surface area contributed by atoms with Crippen LogP contribution >= 0.6 is 11.6 Å². The fourth-order valence-electron chi connectivity index (χ4n) is 1.33. The molecule has 20 heavy (non-hydrogen) atoms. The highest BCUT2D eigenvalue weighted by molar-refractivity contribution is 7.92. The van der Waals surface area contributed by atoms with Crippen LogP contribution in [0.15, 0.2) is 29.4 Å². The van der Waals surface area contributed by atoms with Crippen LogP contribution in [-0.4, -0.2) is 18.4 Å². The lowest BCUT2D eigenvalue weighted by Gasteiger charge is -2.09. The maximum absolute atomic E-state index is 13.5.